The number of nitrogens with one attached hydrogen (secondary N) is 1. The molecule has 1 fully saturated rings. The molecule has 1 aromatic heterocycles. The minimum atomic E-state index is 0.0980. The van der Waals surface area contributed by atoms with Crippen LogP contribution in [0.25, 0.3) is 10.9 Å². The zero-order valence-corrected chi connectivity index (χ0v) is 12.5. The molecule has 2 aromatic rings. The summed E-state index contributed by atoms with van der Waals surface area (Å²) < 4.78 is 0. The van der Waals surface area contributed by atoms with Crippen LogP contribution in [-0.4, -0.2) is 39.4 Å². The topological polar surface area (TPSA) is 62.1 Å². The van der Waals surface area contributed by atoms with Gasteiger partial charge in [0.1, 0.15) is 0 Å². The second kappa shape index (κ2) is 5.05. The molecule has 3 rings (SSSR count). The number of aromatic amines is 1. The lowest BCUT2D eigenvalue weighted by atomic mass is 10.1. The molecule has 1 saturated heterocycles. The zero-order chi connectivity index (χ0) is 14.3. The summed E-state index contributed by atoms with van der Waals surface area (Å²) in [5.74, 6) is 0.0980. The number of hydrogen-bond donors (Lipinski definition) is 2. The van der Waals surface area contributed by atoms with Crippen molar-refractivity contribution in [2.24, 2.45) is 0 Å². The van der Waals surface area contributed by atoms with E-state index in [0.717, 1.165) is 29.6 Å². The summed E-state index contributed by atoms with van der Waals surface area (Å²) in [5, 5.41) is 1.88. The number of nitrogens with zero attached hydrogens (tertiary/aromatic N) is 1. The summed E-state index contributed by atoms with van der Waals surface area (Å²) in [4.78, 5) is 17.8. The van der Waals surface area contributed by atoms with E-state index in [1.54, 1.807) is 6.20 Å². The highest BCUT2D eigenvalue weighted by Crippen LogP contribution is 2.28. The summed E-state index contributed by atoms with van der Waals surface area (Å²) >= 11 is 1.94. The number of benzene rings is 1. The fraction of sp³-hybridized carbons (Fsp3) is 0.400. The second-order valence-corrected chi connectivity index (χ2v) is 7.36. The molecule has 4 nitrogen and oxygen atoms in total. The lowest BCUT2D eigenvalue weighted by molar-refractivity contribution is 0.0755. The molecule has 1 aliphatic heterocycles. The Labute approximate surface area is 122 Å². The predicted octanol–water partition coefficient (Wildman–Crippen LogP) is 2.72. The van der Waals surface area contributed by atoms with Crippen molar-refractivity contribution in [1.29, 1.82) is 0 Å². The zero-order valence-electron chi connectivity index (χ0n) is 11.7. The van der Waals surface area contributed by atoms with Gasteiger partial charge in [0.05, 0.1) is 5.56 Å². The first kappa shape index (κ1) is 13.4. The maximum Gasteiger partial charge on any atom is 0.256 e. The number of rotatable bonds is 1. The Kier molecular flexibility index (Phi) is 3.38. The van der Waals surface area contributed by atoms with Gasteiger partial charge in [-0.1, -0.05) is 13.8 Å². The van der Waals surface area contributed by atoms with Crippen molar-refractivity contribution in [3.05, 3.63) is 30.0 Å². The third-order valence-corrected chi connectivity index (χ3v) is 4.87. The number of hydrogen-bond acceptors (Lipinski definition) is 3. The number of amides is 1. The van der Waals surface area contributed by atoms with Crippen molar-refractivity contribution in [3.63, 3.8) is 0 Å². The summed E-state index contributed by atoms with van der Waals surface area (Å²) in [7, 11) is 0. The smallest absolute Gasteiger partial charge is 0.256 e. The van der Waals surface area contributed by atoms with Crippen molar-refractivity contribution in [3.8, 4) is 0 Å². The summed E-state index contributed by atoms with van der Waals surface area (Å²) in [5.41, 5.74) is 8.19. The number of fused-ring (bicyclic) bond motifs is 1. The molecule has 0 radical (unpaired) electrons. The Morgan fingerprint density at radius 2 is 2.05 bits per heavy atom. The van der Waals surface area contributed by atoms with Crippen LogP contribution in [0.1, 0.15) is 24.2 Å². The van der Waals surface area contributed by atoms with E-state index >= 15 is 0 Å². The minimum absolute atomic E-state index is 0.0980. The van der Waals surface area contributed by atoms with Gasteiger partial charge in [-0.15, -0.1) is 0 Å². The first-order valence-corrected chi connectivity index (χ1v) is 7.80. The normalized spacial score (nSPS) is 23.2. The molecular formula is C15H19N3OS. The number of carbonyl (C=O) groups excluding carboxylic acids is 1. The summed E-state index contributed by atoms with van der Waals surface area (Å²) in [6.45, 7) is 5.97. The van der Waals surface area contributed by atoms with Gasteiger partial charge in [0.15, 0.2) is 0 Å². The molecular weight excluding hydrogens is 270 g/mol. The van der Waals surface area contributed by atoms with Gasteiger partial charge in [-0.2, -0.15) is 11.8 Å². The van der Waals surface area contributed by atoms with Crippen LogP contribution in [0.15, 0.2) is 24.4 Å². The second-order valence-electron chi connectivity index (χ2n) is 5.47. The Balaban J connectivity index is 1.94. The molecule has 3 N–H and O–H groups in total. The molecule has 0 saturated carbocycles. The highest BCUT2D eigenvalue weighted by atomic mass is 32.2. The van der Waals surface area contributed by atoms with Crippen LogP contribution in [-0.2, 0) is 0 Å². The Hall–Kier alpha value is -1.62. The molecule has 0 spiro atoms. The van der Waals surface area contributed by atoms with Crippen molar-refractivity contribution < 1.29 is 4.79 Å². The van der Waals surface area contributed by atoms with E-state index in [2.05, 4.69) is 18.8 Å². The van der Waals surface area contributed by atoms with Crippen LogP contribution >= 0.6 is 11.8 Å². The van der Waals surface area contributed by atoms with Gasteiger partial charge in [-0.25, -0.2) is 0 Å². The van der Waals surface area contributed by atoms with Gasteiger partial charge in [-0.3, -0.25) is 4.79 Å². The van der Waals surface area contributed by atoms with E-state index in [0.29, 0.717) is 16.2 Å². The maximum atomic E-state index is 12.7. The average molecular weight is 289 g/mol. The van der Waals surface area contributed by atoms with Gasteiger partial charge >= 0.3 is 0 Å². The molecule has 106 valence electrons. The fourth-order valence-electron chi connectivity index (χ4n) is 2.83. The molecule has 0 aliphatic carbocycles. The van der Waals surface area contributed by atoms with E-state index in [-0.39, 0.29) is 5.91 Å². The highest BCUT2D eigenvalue weighted by Gasteiger charge is 2.27. The predicted molar refractivity (Wildman–Crippen MR) is 85.1 cm³/mol. The first-order chi connectivity index (χ1) is 9.54. The third kappa shape index (κ3) is 2.38. The van der Waals surface area contributed by atoms with Crippen LogP contribution in [0.3, 0.4) is 0 Å². The standard InChI is InChI=1S/C15H19N3OS/c1-9-7-18(8-10(2)20-9)15(19)13-6-17-14-4-3-11(16)5-12(13)14/h3-6,9-10,17H,7-8,16H2,1-2H3. The highest BCUT2D eigenvalue weighted by molar-refractivity contribution is 8.00. The van der Waals surface area contributed by atoms with Crippen molar-refractivity contribution in [2.75, 3.05) is 18.8 Å². The van der Waals surface area contributed by atoms with E-state index in [1.165, 1.54) is 0 Å². The van der Waals surface area contributed by atoms with Crippen LogP contribution < -0.4 is 5.73 Å². The lowest BCUT2D eigenvalue weighted by Gasteiger charge is -2.34. The number of aromatic nitrogens is 1. The van der Waals surface area contributed by atoms with Crippen LogP contribution in [0.2, 0.25) is 0 Å². The molecule has 1 aliphatic rings. The van der Waals surface area contributed by atoms with Gasteiger partial charge < -0.3 is 15.6 Å². The largest absolute Gasteiger partial charge is 0.399 e. The molecule has 2 unspecified atom stereocenters. The van der Waals surface area contributed by atoms with Crippen molar-refractivity contribution in [1.82, 2.24) is 9.88 Å². The number of carbonyl (C=O) groups is 1. The van der Waals surface area contributed by atoms with E-state index in [9.17, 15) is 4.79 Å². The Bertz CT molecular complexity index is 642. The van der Waals surface area contributed by atoms with Gasteiger partial charge in [0.2, 0.25) is 0 Å². The quantitative estimate of drug-likeness (QED) is 0.793. The van der Waals surface area contributed by atoms with Crippen LogP contribution in [0, 0.1) is 0 Å². The lowest BCUT2D eigenvalue weighted by Crippen LogP contribution is -2.43. The minimum Gasteiger partial charge on any atom is -0.399 e. The Morgan fingerprint density at radius 3 is 2.75 bits per heavy atom. The van der Waals surface area contributed by atoms with Crippen molar-refractivity contribution >= 4 is 34.3 Å². The molecule has 5 heteroatoms. The average Bonchev–Trinajstić information content (AvgIpc) is 2.79. The van der Waals surface area contributed by atoms with Gasteiger partial charge in [-0.05, 0) is 18.2 Å². The fourth-order valence-corrected chi connectivity index (χ4v) is 4.15. The molecule has 2 atom stereocenters. The number of thioether (sulfide) groups is 1. The number of nitrogens with two attached hydrogens (primary N) is 1. The van der Waals surface area contributed by atoms with E-state index in [4.69, 9.17) is 5.73 Å². The van der Waals surface area contributed by atoms with Crippen molar-refractivity contribution in [2.45, 2.75) is 24.3 Å². The SMILES string of the molecule is CC1CN(C(=O)c2c[nH]c3ccc(N)cc23)CC(C)S1. The van der Waals surface area contributed by atoms with E-state index in [1.807, 2.05) is 34.9 Å². The van der Waals surface area contributed by atoms with Crippen LogP contribution in [0.5, 0.6) is 0 Å². The molecule has 1 amide bonds. The molecule has 0 bridgehead atoms. The van der Waals surface area contributed by atoms with Gasteiger partial charge in [0.25, 0.3) is 5.91 Å². The molecule has 1 aromatic carbocycles. The maximum absolute atomic E-state index is 12.7. The summed E-state index contributed by atoms with van der Waals surface area (Å²) in [6, 6.07) is 5.62. The van der Waals surface area contributed by atoms with Gasteiger partial charge in [0, 0.05) is 46.4 Å². The van der Waals surface area contributed by atoms with Crippen LogP contribution in [0.4, 0.5) is 5.69 Å². The van der Waals surface area contributed by atoms with E-state index < -0.39 is 0 Å². The third-order valence-electron chi connectivity index (χ3n) is 3.64. The number of anilines is 1. The molecule has 20 heavy (non-hydrogen) atoms. The number of H-pyrrole nitrogens is 1. The monoisotopic (exact) mass is 289 g/mol. The molecule has 2 heterocycles. The Morgan fingerprint density at radius 1 is 1.35 bits per heavy atom. The first-order valence-electron chi connectivity index (χ1n) is 6.86. The summed E-state index contributed by atoms with van der Waals surface area (Å²) in [6.07, 6.45) is 1.80. The number of nitrogen functional groups attached to an aromatic ring is 1.